The maximum absolute atomic E-state index is 15.1. The Morgan fingerprint density at radius 2 is 1.91 bits per heavy atom. The van der Waals surface area contributed by atoms with E-state index >= 15 is 4.39 Å². The fraction of sp³-hybridized carbons (Fsp3) is 0.208. The summed E-state index contributed by atoms with van der Waals surface area (Å²) in [6, 6.07) is 8.97. The number of nitrogens with zero attached hydrogens (tertiary/aromatic N) is 4. The monoisotopic (exact) mass is 432 g/mol. The normalized spacial score (nSPS) is 19.0. The Morgan fingerprint density at radius 3 is 2.75 bits per heavy atom. The fourth-order valence-corrected chi connectivity index (χ4v) is 4.39. The lowest BCUT2D eigenvalue weighted by Crippen LogP contribution is -2.55. The fourth-order valence-electron chi connectivity index (χ4n) is 4.39. The molecule has 1 aromatic carbocycles. The van der Waals surface area contributed by atoms with Gasteiger partial charge in [-0.25, -0.2) is 4.39 Å². The Balaban J connectivity index is 1.82. The predicted octanol–water partition coefficient (Wildman–Crippen LogP) is 2.73. The zero-order chi connectivity index (χ0) is 22.2. The van der Waals surface area contributed by atoms with Gasteiger partial charge in [0.25, 0.3) is 5.91 Å². The molecule has 0 radical (unpaired) electrons. The number of allylic oxidation sites excluding steroid dienone is 1. The first-order valence-electron chi connectivity index (χ1n) is 10.4. The molecule has 32 heavy (non-hydrogen) atoms. The Kier molecular flexibility index (Phi) is 4.97. The van der Waals surface area contributed by atoms with E-state index in [1.165, 1.54) is 27.9 Å². The van der Waals surface area contributed by atoms with Crippen LogP contribution in [-0.4, -0.2) is 38.8 Å². The van der Waals surface area contributed by atoms with E-state index in [-0.39, 0.29) is 12.4 Å². The summed E-state index contributed by atoms with van der Waals surface area (Å²) in [5, 5.41) is 12.3. The molecule has 5 rings (SSSR count). The summed E-state index contributed by atoms with van der Waals surface area (Å²) in [6.45, 7) is 0.433. The van der Waals surface area contributed by atoms with Crippen LogP contribution in [0, 0.1) is 5.82 Å². The molecule has 0 aliphatic carbocycles. The lowest BCUT2D eigenvalue weighted by Gasteiger charge is -2.44. The number of amides is 1. The van der Waals surface area contributed by atoms with Gasteiger partial charge in [0.1, 0.15) is 18.5 Å². The Labute approximate surface area is 183 Å². The number of aromatic nitrogens is 2. The minimum Gasteiger partial charge on any atom is -0.502 e. The molecule has 2 aliphatic rings. The van der Waals surface area contributed by atoms with Gasteiger partial charge in [0, 0.05) is 42.3 Å². The average molecular weight is 432 g/mol. The second-order valence-corrected chi connectivity index (χ2v) is 7.84. The molecule has 162 valence electrons. The summed E-state index contributed by atoms with van der Waals surface area (Å²) in [5.41, 5.74) is 1.44. The number of hydrogen-bond acceptors (Lipinski definition) is 5. The van der Waals surface area contributed by atoms with E-state index < -0.39 is 28.9 Å². The second-order valence-electron chi connectivity index (χ2n) is 7.84. The molecule has 0 saturated heterocycles. The van der Waals surface area contributed by atoms with E-state index in [0.29, 0.717) is 12.1 Å². The minimum atomic E-state index is -0.644. The van der Waals surface area contributed by atoms with Crippen molar-refractivity contribution in [2.24, 2.45) is 0 Å². The van der Waals surface area contributed by atoms with Crippen LogP contribution in [0.1, 0.15) is 39.6 Å². The lowest BCUT2D eigenvalue weighted by atomic mass is 9.93. The molecular weight excluding hydrogens is 411 g/mol. The maximum Gasteiger partial charge on any atom is 0.278 e. The Bertz CT molecular complexity index is 1290. The molecule has 0 unspecified atom stereocenters. The topological polar surface area (TPSA) is 78.7 Å². The number of hydrogen-bond donors (Lipinski definition) is 1. The number of pyridine rings is 2. The molecule has 7 nitrogen and oxygen atoms in total. The van der Waals surface area contributed by atoms with Crippen molar-refractivity contribution in [3.05, 3.63) is 106 Å². The van der Waals surface area contributed by atoms with E-state index in [1.807, 2.05) is 18.2 Å². The van der Waals surface area contributed by atoms with Crippen LogP contribution in [-0.2, 0) is 6.42 Å². The number of rotatable bonds is 1. The molecular formula is C24H21FN4O3. The summed E-state index contributed by atoms with van der Waals surface area (Å²) < 4.78 is 16.6. The quantitative estimate of drug-likeness (QED) is 0.599. The van der Waals surface area contributed by atoms with E-state index in [1.54, 1.807) is 35.6 Å². The smallest absolute Gasteiger partial charge is 0.278 e. The first-order chi connectivity index (χ1) is 15.6. The number of carbonyl (C=O) groups excluding carboxylic acids is 1. The molecule has 0 spiro atoms. The molecule has 2 bridgehead atoms. The molecule has 0 saturated carbocycles. The van der Waals surface area contributed by atoms with E-state index in [0.717, 1.165) is 24.0 Å². The molecule has 2 aromatic heterocycles. The van der Waals surface area contributed by atoms with Crippen molar-refractivity contribution < 1.29 is 14.3 Å². The van der Waals surface area contributed by atoms with Crippen molar-refractivity contribution in [1.29, 1.82) is 0 Å². The first-order valence-corrected chi connectivity index (χ1v) is 10.4. The van der Waals surface area contributed by atoms with E-state index in [9.17, 15) is 14.7 Å². The van der Waals surface area contributed by atoms with Crippen LogP contribution in [0.25, 0.3) is 0 Å². The van der Waals surface area contributed by atoms with Gasteiger partial charge < -0.3 is 10.0 Å². The van der Waals surface area contributed by atoms with Crippen molar-refractivity contribution in [2.75, 3.05) is 18.2 Å². The highest BCUT2D eigenvalue weighted by Crippen LogP contribution is 2.35. The highest BCUT2D eigenvalue weighted by Gasteiger charge is 2.37. The second kappa shape index (κ2) is 7.96. The number of carbonyl (C=O) groups is 1. The van der Waals surface area contributed by atoms with E-state index in [2.05, 4.69) is 4.98 Å². The zero-order valence-corrected chi connectivity index (χ0v) is 17.2. The van der Waals surface area contributed by atoms with Crippen molar-refractivity contribution in [3.63, 3.8) is 0 Å². The van der Waals surface area contributed by atoms with Crippen LogP contribution >= 0.6 is 0 Å². The van der Waals surface area contributed by atoms with Crippen molar-refractivity contribution in [1.82, 2.24) is 14.6 Å². The van der Waals surface area contributed by atoms with Crippen LogP contribution in [0.5, 0.6) is 5.75 Å². The van der Waals surface area contributed by atoms with Gasteiger partial charge in [0.2, 0.25) is 5.43 Å². The van der Waals surface area contributed by atoms with Crippen LogP contribution in [0.3, 0.4) is 0 Å². The zero-order valence-electron chi connectivity index (χ0n) is 17.2. The largest absolute Gasteiger partial charge is 0.502 e. The Morgan fingerprint density at radius 1 is 1.06 bits per heavy atom. The molecule has 1 amide bonds. The predicted molar refractivity (Wildman–Crippen MR) is 116 cm³/mol. The number of aryl methyl sites for hydroxylation is 1. The number of benzene rings is 1. The average Bonchev–Trinajstić information content (AvgIpc) is 2.82. The van der Waals surface area contributed by atoms with Gasteiger partial charge in [-0.1, -0.05) is 30.4 Å². The number of fused-ring (bicyclic) bond motifs is 5. The standard InChI is InChI=1S/C24H21FN4O3/c25-19-8-4-3-7-17(19)21-18-14-26-11-9-16(18)6-2-1-5-12-27-15-29(21)28-13-10-20(30)23(31)22(28)24(27)32/h1,3-5,7-11,13-14,21,31H,2,6,12,15H2/b5-1-/t21-/m1/s1. The maximum atomic E-state index is 15.1. The summed E-state index contributed by atoms with van der Waals surface area (Å²) >= 11 is 0. The summed E-state index contributed by atoms with van der Waals surface area (Å²) in [4.78, 5) is 31.2. The first kappa shape index (κ1) is 20.0. The van der Waals surface area contributed by atoms with Gasteiger partial charge in [-0.15, -0.1) is 0 Å². The van der Waals surface area contributed by atoms with Crippen molar-refractivity contribution in [3.8, 4) is 5.75 Å². The lowest BCUT2D eigenvalue weighted by molar-refractivity contribution is 0.0701. The van der Waals surface area contributed by atoms with Gasteiger partial charge in [0.05, 0.1) is 0 Å². The third-order valence-corrected chi connectivity index (χ3v) is 5.95. The SMILES string of the molecule is O=C1c2c(O)c(=O)ccn2N2CN1C/C=C\CCc1ccncc1[C@H]2c1ccccc1F. The van der Waals surface area contributed by atoms with Crippen molar-refractivity contribution >= 4 is 5.91 Å². The summed E-state index contributed by atoms with van der Waals surface area (Å²) in [6.07, 6.45) is 10.3. The van der Waals surface area contributed by atoms with Gasteiger partial charge in [-0.05, 0) is 30.5 Å². The molecule has 8 heteroatoms. The third kappa shape index (κ3) is 3.24. The molecule has 1 N–H and O–H groups in total. The number of halogens is 1. The van der Waals surface area contributed by atoms with Crippen molar-refractivity contribution in [2.45, 2.75) is 18.9 Å². The Hall–Kier alpha value is -3.94. The van der Waals surface area contributed by atoms with Crippen LogP contribution in [0.15, 0.2) is 71.9 Å². The molecule has 2 aliphatic heterocycles. The highest BCUT2D eigenvalue weighted by molar-refractivity contribution is 5.96. The van der Waals surface area contributed by atoms with Gasteiger partial charge >= 0.3 is 0 Å². The minimum absolute atomic E-state index is 0.131. The van der Waals surface area contributed by atoms with Gasteiger partial charge in [0.15, 0.2) is 11.4 Å². The molecule has 4 heterocycles. The third-order valence-electron chi connectivity index (χ3n) is 5.95. The summed E-state index contributed by atoms with van der Waals surface area (Å²) in [5.74, 6) is -1.47. The van der Waals surface area contributed by atoms with E-state index in [4.69, 9.17) is 0 Å². The molecule has 3 aromatic rings. The molecule has 1 atom stereocenters. The highest BCUT2D eigenvalue weighted by atomic mass is 19.1. The summed E-state index contributed by atoms with van der Waals surface area (Å²) in [7, 11) is 0. The van der Waals surface area contributed by atoms with Crippen LogP contribution in [0.4, 0.5) is 4.39 Å². The van der Waals surface area contributed by atoms with Crippen LogP contribution < -0.4 is 10.4 Å². The molecule has 0 fully saturated rings. The van der Waals surface area contributed by atoms with Crippen LogP contribution in [0.2, 0.25) is 0 Å². The number of aromatic hydroxyl groups is 1. The van der Waals surface area contributed by atoms with Gasteiger partial charge in [-0.3, -0.25) is 24.3 Å². The van der Waals surface area contributed by atoms with Gasteiger partial charge in [-0.2, -0.15) is 0 Å².